The average Bonchev–Trinajstić information content (AvgIpc) is 3.37. The summed E-state index contributed by atoms with van der Waals surface area (Å²) in [5, 5.41) is 7.29. The number of alkyl halides is 3. The van der Waals surface area contributed by atoms with Crippen LogP contribution in [0.2, 0.25) is 0 Å². The Morgan fingerprint density at radius 3 is 2.65 bits per heavy atom. The molecule has 2 aromatic heterocycles. The number of nitrogens with zero attached hydrogens (tertiary/aromatic N) is 6. The first-order chi connectivity index (χ1) is 19.0. The number of halogens is 3. The van der Waals surface area contributed by atoms with Crippen LogP contribution in [0.15, 0.2) is 54.9 Å². The van der Waals surface area contributed by atoms with Crippen LogP contribution in [-0.2, 0) is 19.3 Å². The molecule has 3 N–H and O–H groups in total. The summed E-state index contributed by atoms with van der Waals surface area (Å²) in [6.45, 7) is 4.41. The molecule has 0 unspecified atom stereocenters. The third-order valence-corrected chi connectivity index (χ3v) is 6.69. The van der Waals surface area contributed by atoms with E-state index < -0.39 is 23.7 Å². The molecule has 0 bridgehead atoms. The van der Waals surface area contributed by atoms with Crippen molar-refractivity contribution in [3.8, 4) is 11.1 Å². The van der Waals surface area contributed by atoms with Gasteiger partial charge < -0.3 is 11.1 Å². The molecule has 0 radical (unpaired) electrons. The number of amides is 3. The molecule has 4 aromatic rings. The third-order valence-electron chi connectivity index (χ3n) is 6.69. The van der Waals surface area contributed by atoms with E-state index in [0.717, 1.165) is 12.1 Å². The van der Waals surface area contributed by atoms with E-state index in [0.29, 0.717) is 35.0 Å². The van der Waals surface area contributed by atoms with E-state index in [-0.39, 0.29) is 29.2 Å². The quantitative estimate of drug-likeness (QED) is 0.344. The fourth-order valence-corrected chi connectivity index (χ4v) is 4.72. The van der Waals surface area contributed by atoms with Gasteiger partial charge in [-0.1, -0.05) is 18.2 Å². The molecular formula is C27H25F3N8O2. The number of primary amides is 1. The van der Waals surface area contributed by atoms with Crippen LogP contribution < -0.4 is 20.9 Å². The van der Waals surface area contributed by atoms with Crippen LogP contribution in [0.3, 0.4) is 0 Å². The molecule has 40 heavy (non-hydrogen) atoms. The molecular weight excluding hydrogens is 525 g/mol. The monoisotopic (exact) mass is 550 g/mol. The van der Waals surface area contributed by atoms with Gasteiger partial charge in [-0.3, -0.25) is 14.6 Å². The number of nitrogens with two attached hydrogens (primary N) is 1. The van der Waals surface area contributed by atoms with Crippen LogP contribution in [0.1, 0.15) is 34.0 Å². The molecule has 10 nitrogen and oxygen atoms in total. The lowest BCUT2D eigenvalue weighted by atomic mass is 9.92. The summed E-state index contributed by atoms with van der Waals surface area (Å²) in [7, 11) is 1.56. The minimum absolute atomic E-state index is 0.0829. The molecule has 0 aliphatic carbocycles. The van der Waals surface area contributed by atoms with Crippen molar-refractivity contribution in [3.05, 3.63) is 77.1 Å². The van der Waals surface area contributed by atoms with Crippen LogP contribution in [0, 0.1) is 6.92 Å². The van der Waals surface area contributed by atoms with Gasteiger partial charge in [0, 0.05) is 48.2 Å². The van der Waals surface area contributed by atoms with E-state index in [9.17, 15) is 22.8 Å². The van der Waals surface area contributed by atoms with Crippen LogP contribution in [0.4, 0.5) is 41.2 Å². The number of fused-ring (bicyclic) bond motifs is 1. The second-order valence-electron chi connectivity index (χ2n) is 9.22. The molecule has 3 heterocycles. The van der Waals surface area contributed by atoms with Crippen LogP contribution in [0.25, 0.3) is 11.1 Å². The second kappa shape index (κ2) is 9.98. The second-order valence-corrected chi connectivity index (χ2v) is 9.22. The summed E-state index contributed by atoms with van der Waals surface area (Å²) in [6.07, 6.45) is -1.49. The SMILES string of the molecule is CCn1nccc1Nc1ncc2c(n1)N(C)C(=O)N(c1cc(-c3c(C(N)=O)cccc3C(F)(F)F)ccc1C)C2. The summed E-state index contributed by atoms with van der Waals surface area (Å²) in [6, 6.07) is 9.17. The number of aryl methyl sites for hydroxylation is 2. The van der Waals surface area contributed by atoms with Crippen molar-refractivity contribution in [2.24, 2.45) is 5.73 Å². The number of hydrogen-bond acceptors (Lipinski definition) is 6. The minimum Gasteiger partial charge on any atom is -0.366 e. The van der Waals surface area contributed by atoms with Crippen LogP contribution >= 0.6 is 0 Å². The Kier molecular flexibility index (Phi) is 6.65. The highest BCUT2D eigenvalue weighted by Gasteiger charge is 2.36. The largest absolute Gasteiger partial charge is 0.417 e. The zero-order valence-electron chi connectivity index (χ0n) is 21.8. The normalized spacial score (nSPS) is 13.4. The zero-order valence-corrected chi connectivity index (χ0v) is 21.8. The van der Waals surface area contributed by atoms with E-state index in [4.69, 9.17) is 5.73 Å². The van der Waals surface area contributed by atoms with Crippen molar-refractivity contribution in [1.82, 2.24) is 19.7 Å². The number of carbonyl (C=O) groups excluding carboxylic acids is 2. The van der Waals surface area contributed by atoms with Gasteiger partial charge in [0.25, 0.3) is 0 Å². The number of anilines is 4. The lowest BCUT2D eigenvalue weighted by molar-refractivity contribution is -0.137. The Labute approximate surface area is 227 Å². The number of nitrogens with one attached hydrogen (secondary N) is 1. The lowest BCUT2D eigenvalue weighted by Crippen LogP contribution is -2.46. The number of aromatic nitrogens is 4. The van der Waals surface area contributed by atoms with Gasteiger partial charge in [-0.05, 0) is 43.2 Å². The maximum atomic E-state index is 13.9. The first-order valence-corrected chi connectivity index (χ1v) is 12.3. The lowest BCUT2D eigenvalue weighted by Gasteiger charge is -2.35. The maximum absolute atomic E-state index is 13.9. The highest BCUT2D eigenvalue weighted by Crippen LogP contribution is 2.41. The van der Waals surface area contributed by atoms with E-state index >= 15 is 0 Å². The van der Waals surface area contributed by atoms with Crippen molar-refractivity contribution >= 4 is 35.2 Å². The Morgan fingerprint density at radius 1 is 1.18 bits per heavy atom. The molecule has 5 rings (SSSR count). The highest BCUT2D eigenvalue weighted by atomic mass is 19.4. The Balaban J connectivity index is 1.54. The van der Waals surface area contributed by atoms with Crippen molar-refractivity contribution < 1.29 is 22.8 Å². The first-order valence-electron chi connectivity index (χ1n) is 12.3. The van der Waals surface area contributed by atoms with Gasteiger partial charge in [0.2, 0.25) is 11.9 Å². The molecule has 0 atom stereocenters. The summed E-state index contributed by atoms with van der Waals surface area (Å²) < 4.78 is 43.5. The molecule has 13 heteroatoms. The number of carbonyl (C=O) groups is 2. The predicted molar refractivity (Wildman–Crippen MR) is 143 cm³/mol. The summed E-state index contributed by atoms with van der Waals surface area (Å²) in [5.41, 5.74) is 5.59. The Bertz CT molecular complexity index is 1630. The van der Waals surface area contributed by atoms with Crippen molar-refractivity contribution in [2.45, 2.75) is 33.1 Å². The van der Waals surface area contributed by atoms with E-state index in [1.54, 1.807) is 43.2 Å². The summed E-state index contributed by atoms with van der Waals surface area (Å²) in [4.78, 5) is 37.3. The summed E-state index contributed by atoms with van der Waals surface area (Å²) in [5.74, 6) is 0.377. The minimum atomic E-state index is -4.73. The maximum Gasteiger partial charge on any atom is 0.417 e. The number of urea groups is 1. The van der Waals surface area contributed by atoms with Gasteiger partial charge in [0.05, 0.1) is 18.3 Å². The average molecular weight is 551 g/mol. The highest BCUT2D eigenvalue weighted by molar-refractivity contribution is 6.06. The molecule has 0 fully saturated rings. The molecule has 0 spiro atoms. The summed E-state index contributed by atoms with van der Waals surface area (Å²) >= 11 is 0. The fourth-order valence-electron chi connectivity index (χ4n) is 4.72. The van der Waals surface area contributed by atoms with E-state index in [1.165, 1.54) is 28.0 Å². The first kappa shape index (κ1) is 26.7. The predicted octanol–water partition coefficient (Wildman–Crippen LogP) is 5.11. The molecule has 0 saturated carbocycles. The number of rotatable bonds is 6. The molecule has 1 aliphatic heterocycles. The smallest absolute Gasteiger partial charge is 0.366 e. The van der Waals surface area contributed by atoms with Gasteiger partial charge >= 0.3 is 12.2 Å². The van der Waals surface area contributed by atoms with Gasteiger partial charge in [0.1, 0.15) is 11.6 Å². The number of benzene rings is 2. The van der Waals surface area contributed by atoms with E-state index in [2.05, 4.69) is 20.4 Å². The molecule has 0 saturated heterocycles. The molecule has 1 aliphatic rings. The van der Waals surface area contributed by atoms with Gasteiger partial charge in [-0.2, -0.15) is 23.3 Å². The van der Waals surface area contributed by atoms with Crippen LogP contribution in [0.5, 0.6) is 0 Å². The number of hydrogen-bond donors (Lipinski definition) is 2. The molecule has 3 amide bonds. The third kappa shape index (κ3) is 4.70. The Morgan fingerprint density at radius 2 is 1.95 bits per heavy atom. The van der Waals surface area contributed by atoms with Crippen LogP contribution in [-0.4, -0.2) is 38.7 Å². The van der Waals surface area contributed by atoms with Gasteiger partial charge in [-0.15, -0.1) is 0 Å². The molecule has 206 valence electrons. The van der Waals surface area contributed by atoms with Crippen molar-refractivity contribution in [2.75, 3.05) is 22.2 Å². The van der Waals surface area contributed by atoms with Gasteiger partial charge in [-0.25, -0.2) is 14.5 Å². The fraction of sp³-hybridized carbons (Fsp3) is 0.222. The van der Waals surface area contributed by atoms with E-state index in [1.807, 2.05) is 6.92 Å². The van der Waals surface area contributed by atoms with Crippen molar-refractivity contribution in [1.29, 1.82) is 0 Å². The molecule has 2 aromatic carbocycles. The zero-order chi connectivity index (χ0) is 28.8. The Hall–Kier alpha value is -4.94. The standard InChI is InChI=1S/C27H25F3N8O2/c1-4-38-21(10-11-33-38)34-25-32-13-17-14-37(26(40)36(3)24(17)35-25)20-12-16(9-8-15(20)2)22-18(23(31)39)6-5-7-19(22)27(28,29)30/h5-13H,4,14H2,1-3H3,(H2,31,39)(H,32,34,35). The topological polar surface area (TPSA) is 122 Å². The van der Waals surface area contributed by atoms with Gasteiger partial charge in [0.15, 0.2) is 0 Å². The van der Waals surface area contributed by atoms with Crippen molar-refractivity contribution in [3.63, 3.8) is 0 Å².